The number of hydrogen-bond donors (Lipinski definition) is 0. The normalized spacial score (nSPS) is 22.2. The van der Waals surface area contributed by atoms with E-state index in [1.807, 2.05) is 14.0 Å². The number of fused-ring (bicyclic) bond motifs is 1. The van der Waals surface area contributed by atoms with Crippen LogP contribution in [-0.4, -0.2) is 40.1 Å². The first-order valence-corrected chi connectivity index (χ1v) is 8.72. The van der Waals surface area contributed by atoms with Crippen LogP contribution >= 0.6 is 0 Å². The van der Waals surface area contributed by atoms with Crippen molar-refractivity contribution in [2.24, 2.45) is 13.0 Å². The summed E-state index contributed by atoms with van der Waals surface area (Å²) in [5.41, 5.74) is 3.43. The van der Waals surface area contributed by atoms with E-state index in [2.05, 4.69) is 5.10 Å². The number of aromatic nitrogens is 2. The monoisotopic (exact) mass is 356 g/mol. The van der Waals surface area contributed by atoms with E-state index in [0.717, 1.165) is 22.5 Å². The second-order valence-electron chi connectivity index (χ2n) is 7.08. The van der Waals surface area contributed by atoms with Crippen LogP contribution in [0.1, 0.15) is 29.3 Å². The fourth-order valence-electron chi connectivity index (χ4n) is 4.12. The van der Waals surface area contributed by atoms with Crippen LogP contribution in [0.2, 0.25) is 0 Å². The van der Waals surface area contributed by atoms with Crippen molar-refractivity contribution < 1.29 is 14.0 Å². The smallest absolute Gasteiger partial charge is 0.233 e. The van der Waals surface area contributed by atoms with E-state index in [-0.39, 0.29) is 30.1 Å². The number of likely N-dealkylation sites (tertiary alicyclic amines) is 1. The second kappa shape index (κ2) is 5.93. The van der Waals surface area contributed by atoms with Crippen molar-refractivity contribution in [1.29, 1.82) is 0 Å². The number of carbonyl (C=O) groups excluding carboxylic acids is 2. The highest BCUT2D eigenvalue weighted by molar-refractivity contribution is 6.01. The van der Waals surface area contributed by atoms with E-state index in [9.17, 15) is 14.0 Å². The van der Waals surface area contributed by atoms with Gasteiger partial charge in [0.15, 0.2) is 0 Å². The summed E-state index contributed by atoms with van der Waals surface area (Å²) in [4.78, 5) is 29.0. The zero-order valence-corrected chi connectivity index (χ0v) is 15.1. The number of amides is 2. The number of halogens is 1. The number of benzene rings is 1. The van der Waals surface area contributed by atoms with Gasteiger partial charge in [0.2, 0.25) is 11.8 Å². The molecule has 0 bridgehead atoms. The highest BCUT2D eigenvalue weighted by Gasteiger charge is 2.46. The lowest BCUT2D eigenvalue weighted by molar-refractivity contribution is -0.128. The first-order valence-electron chi connectivity index (χ1n) is 8.72. The third-order valence-corrected chi connectivity index (χ3v) is 5.70. The molecule has 2 atom stereocenters. The Morgan fingerprint density at radius 1 is 1.31 bits per heavy atom. The van der Waals surface area contributed by atoms with Gasteiger partial charge in [-0.3, -0.25) is 14.3 Å². The Morgan fingerprint density at radius 2 is 2.08 bits per heavy atom. The summed E-state index contributed by atoms with van der Waals surface area (Å²) in [5, 5.41) is 4.27. The first-order chi connectivity index (χ1) is 12.4. The molecule has 0 unspecified atom stereocenters. The summed E-state index contributed by atoms with van der Waals surface area (Å²) in [6, 6.07) is 4.18. The Morgan fingerprint density at radius 3 is 2.77 bits per heavy atom. The lowest BCUT2D eigenvalue weighted by Crippen LogP contribution is -2.37. The molecule has 0 saturated carbocycles. The van der Waals surface area contributed by atoms with Gasteiger partial charge in [-0.2, -0.15) is 5.10 Å². The maximum absolute atomic E-state index is 13.5. The Labute approximate surface area is 151 Å². The van der Waals surface area contributed by atoms with E-state index < -0.39 is 5.92 Å². The molecule has 1 aromatic heterocycles. The molecule has 3 heterocycles. The fourth-order valence-corrected chi connectivity index (χ4v) is 4.12. The van der Waals surface area contributed by atoms with Crippen LogP contribution in [0.25, 0.3) is 0 Å². The van der Waals surface area contributed by atoms with Crippen LogP contribution in [0.15, 0.2) is 24.4 Å². The van der Waals surface area contributed by atoms with Crippen molar-refractivity contribution in [2.45, 2.75) is 25.8 Å². The molecule has 1 fully saturated rings. The van der Waals surface area contributed by atoms with Crippen molar-refractivity contribution in [1.82, 2.24) is 14.7 Å². The molecule has 0 spiro atoms. The molecule has 0 radical (unpaired) electrons. The Balaban J connectivity index is 1.69. The maximum Gasteiger partial charge on any atom is 0.233 e. The van der Waals surface area contributed by atoms with Crippen LogP contribution in [0, 0.1) is 18.7 Å². The van der Waals surface area contributed by atoms with Crippen LogP contribution in [0.3, 0.4) is 0 Å². The van der Waals surface area contributed by atoms with Crippen LogP contribution in [-0.2, 0) is 23.1 Å². The molecule has 26 heavy (non-hydrogen) atoms. The summed E-state index contributed by atoms with van der Waals surface area (Å²) in [6.45, 7) is 2.46. The third-order valence-electron chi connectivity index (χ3n) is 5.70. The van der Waals surface area contributed by atoms with Gasteiger partial charge in [-0.05, 0) is 37.1 Å². The van der Waals surface area contributed by atoms with Crippen molar-refractivity contribution in [3.63, 3.8) is 0 Å². The minimum Gasteiger partial charge on any atom is -0.338 e. The zero-order chi connectivity index (χ0) is 18.6. The van der Waals surface area contributed by atoms with E-state index in [1.165, 1.54) is 12.1 Å². The zero-order valence-electron chi connectivity index (χ0n) is 15.1. The average Bonchev–Trinajstić information content (AvgIpc) is 3.25. The minimum absolute atomic E-state index is 0.0462. The highest BCUT2D eigenvalue weighted by atomic mass is 19.1. The lowest BCUT2D eigenvalue weighted by Gasteiger charge is -2.27. The molecule has 2 aromatic rings. The van der Waals surface area contributed by atoms with Crippen LogP contribution in [0.5, 0.6) is 0 Å². The number of hydrogen-bond acceptors (Lipinski definition) is 3. The van der Waals surface area contributed by atoms with Gasteiger partial charge in [0.25, 0.3) is 0 Å². The van der Waals surface area contributed by atoms with Gasteiger partial charge < -0.3 is 9.80 Å². The molecule has 2 amide bonds. The largest absolute Gasteiger partial charge is 0.338 e. The molecule has 0 N–H and O–H groups in total. The molecule has 6 nitrogen and oxygen atoms in total. The van der Waals surface area contributed by atoms with Gasteiger partial charge in [-0.1, -0.05) is 0 Å². The Hall–Kier alpha value is -2.70. The standard InChI is InChI=1S/C19H21FN4O2/c1-11-15(10-21-23(11)3)18-14(9-17(25)22(18)2)19(26)24-7-6-12-8-13(20)4-5-16(12)24/h4-5,8,10,14,18H,6-7,9H2,1-3H3/t14-,18-/m0/s1. The number of carbonyl (C=O) groups is 2. The molecule has 136 valence electrons. The van der Waals surface area contributed by atoms with Gasteiger partial charge in [0.05, 0.1) is 18.2 Å². The second-order valence-corrected chi connectivity index (χ2v) is 7.08. The van der Waals surface area contributed by atoms with Crippen molar-refractivity contribution >= 4 is 17.5 Å². The fraction of sp³-hybridized carbons (Fsp3) is 0.421. The molecule has 7 heteroatoms. The predicted molar refractivity (Wildman–Crippen MR) is 94.0 cm³/mol. The highest BCUT2D eigenvalue weighted by Crippen LogP contribution is 2.41. The molecule has 2 aliphatic heterocycles. The van der Waals surface area contributed by atoms with Crippen LogP contribution < -0.4 is 4.90 Å². The predicted octanol–water partition coefficient (Wildman–Crippen LogP) is 1.98. The lowest BCUT2D eigenvalue weighted by atomic mass is 9.92. The summed E-state index contributed by atoms with van der Waals surface area (Å²) < 4.78 is 15.2. The number of anilines is 1. The molecule has 4 rings (SSSR count). The van der Waals surface area contributed by atoms with E-state index >= 15 is 0 Å². The number of nitrogens with zero attached hydrogens (tertiary/aromatic N) is 4. The Kier molecular flexibility index (Phi) is 3.82. The Bertz CT molecular complexity index is 907. The summed E-state index contributed by atoms with van der Waals surface area (Å²) in [7, 11) is 3.58. The molecular formula is C19H21FN4O2. The molecule has 1 saturated heterocycles. The first kappa shape index (κ1) is 16.8. The third kappa shape index (κ3) is 2.41. The topological polar surface area (TPSA) is 58.4 Å². The summed E-state index contributed by atoms with van der Waals surface area (Å²) in [6.07, 6.45) is 2.55. The van der Waals surface area contributed by atoms with Crippen molar-refractivity contribution in [3.05, 3.63) is 47.0 Å². The van der Waals surface area contributed by atoms with Crippen LogP contribution in [0.4, 0.5) is 10.1 Å². The molecule has 2 aliphatic rings. The van der Waals surface area contributed by atoms with Crippen molar-refractivity contribution in [2.75, 3.05) is 18.5 Å². The van der Waals surface area contributed by atoms with Crippen molar-refractivity contribution in [3.8, 4) is 0 Å². The number of aryl methyl sites for hydroxylation is 1. The molecular weight excluding hydrogens is 335 g/mol. The minimum atomic E-state index is -0.466. The summed E-state index contributed by atoms with van der Waals surface area (Å²) in [5.74, 6) is -0.888. The molecule has 0 aliphatic carbocycles. The SMILES string of the molecule is Cc1c([C@@H]2[C@@H](C(=O)N3CCc4cc(F)ccc43)CC(=O)N2C)cnn1C. The average molecular weight is 356 g/mol. The van der Waals surface area contributed by atoms with Gasteiger partial charge >= 0.3 is 0 Å². The van der Waals surface area contributed by atoms with Gasteiger partial charge in [0.1, 0.15) is 5.82 Å². The van der Waals surface area contributed by atoms with E-state index in [1.54, 1.807) is 33.8 Å². The molecule has 1 aromatic carbocycles. The summed E-state index contributed by atoms with van der Waals surface area (Å²) >= 11 is 0. The maximum atomic E-state index is 13.5. The van der Waals surface area contributed by atoms with Gasteiger partial charge in [-0.15, -0.1) is 0 Å². The quantitative estimate of drug-likeness (QED) is 0.827. The van der Waals surface area contributed by atoms with Gasteiger partial charge in [0, 0.05) is 44.0 Å². The van der Waals surface area contributed by atoms with E-state index in [4.69, 9.17) is 0 Å². The van der Waals surface area contributed by atoms with E-state index in [0.29, 0.717) is 13.0 Å². The van der Waals surface area contributed by atoms with Gasteiger partial charge in [-0.25, -0.2) is 4.39 Å². The number of rotatable bonds is 2.